The summed E-state index contributed by atoms with van der Waals surface area (Å²) in [6.07, 6.45) is 6.05. The lowest BCUT2D eigenvalue weighted by Crippen LogP contribution is -2.26. The third-order valence-electron chi connectivity index (χ3n) is 5.10. The highest BCUT2D eigenvalue weighted by Crippen LogP contribution is 2.39. The molecule has 4 rings (SSSR count). The van der Waals surface area contributed by atoms with Gasteiger partial charge in [0, 0.05) is 23.4 Å². The van der Waals surface area contributed by atoms with Crippen LogP contribution >= 0.6 is 0 Å². The molecule has 25 heavy (non-hydrogen) atoms. The first-order chi connectivity index (χ1) is 12.0. The molecule has 1 aliphatic rings. The second-order valence-corrected chi connectivity index (χ2v) is 6.84. The molecule has 2 aromatic heterocycles. The molecule has 0 unspecified atom stereocenters. The average Bonchev–Trinajstić information content (AvgIpc) is 3.00. The number of imidazole rings is 1. The molecule has 0 spiro atoms. The number of nitrogens with two attached hydrogens (primary N) is 4. The number of nitrogens with zero attached hydrogens (tertiary/aromatic N) is 3. The van der Waals surface area contributed by atoms with Gasteiger partial charge >= 0.3 is 0 Å². The van der Waals surface area contributed by atoms with E-state index in [0.29, 0.717) is 29.1 Å². The minimum atomic E-state index is 0.318. The molecule has 0 atom stereocenters. The van der Waals surface area contributed by atoms with Crippen molar-refractivity contribution in [3.8, 4) is 11.3 Å². The number of hydrogen-bond donors (Lipinski definition) is 4. The highest BCUT2D eigenvalue weighted by Gasteiger charge is 2.23. The maximum Gasteiger partial charge on any atom is 0.177 e. The zero-order valence-electron chi connectivity index (χ0n) is 14.0. The van der Waals surface area contributed by atoms with Crippen molar-refractivity contribution in [1.29, 1.82) is 0 Å². The molecule has 0 amide bonds. The molecule has 7 heteroatoms. The first-order valence-electron chi connectivity index (χ1n) is 8.58. The Morgan fingerprint density at radius 1 is 1.04 bits per heavy atom. The summed E-state index contributed by atoms with van der Waals surface area (Å²) in [7, 11) is 0. The number of aromatic nitrogens is 3. The Bertz CT molecular complexity index is 923. The fourth-order valence-electron chi connectivity index (χ4n) is 3.74. The van der Waals surface area contributed by atoms with Crippen LogP contribution in [0.15, 0.2) is 30.5 Å². The first-order valence-corrected chi connectivity index (χ1v) is 8.58. The van der Waals surface area contributed by atoms with Gasteiger partial charge in [-0.2, -0.15) is 0 Å². The number of fused-ring (bicyclic) bond motifs is 1. The van der Waals surface area contributed by atoms with E-state index in [0.717, 1.165) is 42.6 Å². The molecule has 1 aromatic carbocycles. The van der Waals surface area contributed by atoms with Crippen LogP contribution in [0.3, 0.4) is 0 Å². The van der Waals surface area contributed by atoms with E-state index in [9.17, 15) is 0 Å². The maximum absolute atomic E-state index is 6.51. The van der Waals surface area contributed by atoms with Crippen molar-refractivity contribution in [2.45, 2.75) is 37.6 Å². The average molecular weight is 337 g/mol. The van der Waals surface area contributed by atoms with Gasteiger partial charge in [0.15, 0.2) is 5.65 Å². The Balaban J connectivity index is 1.76. The summed E-state index contributed by atoms with van der Waals surface area (Å²) in [6, 6.07) is 8.05. The topological polar surface area (TPSA) is 134 Å². The smallest absolute Gasteiger partial charge is 0.177 e. The van der Waals surface area contributed by atoms with Gasteiger partial charge in [-0.05, 0) is 37.2 Å². The third-order valence-corrected chi connectivity index (χ3v) is 5.10. The zero-order chi connectivity index (χ0) is 17.6. The molecule has 0 saturated heterocycles. The Morgan fingerprint density at radius 2 is 1.80 bits per heavy atom. The van der Waals surface area contributed by atoms with Gasteiger partial charge in [-0.1, -0.05) is 18.2 Å². The van der Waals surface area contributed by atoms with Crippen molar-refractivity contribution < 1.29 is 0 Å². The normalized spacial score (nSPS) is 20.8. The fourth-order valence-corrected chi connectivity index (χ4v) is 3.74. The van der Waals surface area contributed by atoms with Crippen molar-refractivity contribution in [1.82, 2.24) is 14.6 Å². The van der Waals surface area contributed by atoms with Crippen molar-refractivity contribution >= 4 is 22.8 Å². The van der Waals surface area contributed by atoms with Crippen LogP contribution in [0.2, 0.25) is 0 Å². The van der Waals surface area contributed by atoms with E-state index in [1.165, 1.54) is 5.56 Å². The van der Waals surface area contributed by atoms with Crippen LogP contribution in [-0.4, -0.2) is 20.6 Å². The van der Waals surface area contributed by atoms with Gasteiger partial charge in [0.2, 0.25) is 0 Å². The number of benzene rings is 1. The molecule has 0 radical (unpaired) electrons. The van der Waals surface area contributed by atoms with E-state index in [4.69, 9.17) is 22.9 Å². The number of anilines is 3. The van der Waals surface area contributed by atoms with E-state index >= 15 is 0 Å². The van der Waals surface area contributed by atoms with Crippen LogP contribution in [0.25, 0.3) is 16.9 Å². The lowest BCUT2D eigenvalue weighted by molar-refractivity contribution is 0.396. The van der Waals surface area contributed by atoms with Crippen molar-refractivity contribution in [2.24, 2.45) is 5.73 Å². The van der Waals surface area contributed by atoms with Crippen molar-refractivity contribution in [2.75, 3.05) is 17.2 Å². The monoisotopic (exact) mass is 337 g/mol. The molecule has 1 aliphatic carbocycles. The molecule has 0 aliphatic heterocycles. The third kappa shape index (κ3) is 2.76. The van der Waals surface area contributed by atoms with Crippen LogP contribution in [0.1, 0.15) is 37.2 Å². The quantitative estimate of drug-likeness (QED) is 0.529. The molecule has 1 fully saturated rings. The summed E-state index contributed by atoms with van der Waals surface area (Å²) in [6.45, 7) is 0. The number of rotatable bonds is 2. The zero-order valence-corrected chi connectivity index (χ0v) is 14.0. The largest absolute Gasteiger partial charge is 0.398 e. The summed E-state index contributed by atoms with van der Waals surface area (Å²) in [5.74, 6) is 0.810. The van der Waals surface area contributed by atoms with Gasteiger partial charge in [-0.25, -0.2) is 9.50 Å². The molecule has 1 saturated carbocycles. The summed E-state index contributed by atoms with van der Waals surface area (Å²) in [5.41, 5.74) is 29.0. The number of hydrogen-bond acceptors (Lipinski definition) is 6. The van der Waals surface area contributed by atoms with Crippen LogP contribution in [0.5, 0.6) is 0 Å². The van der Waals surface area contributed by atoms with Gasteiger partial charge in [0.25, 0.3) is 0 Å². The SMILES string of the molecule is Nc1cc(N)c2nc(-c3cccc(C4CCC(N)CC4)c3N)cn2n1. The van der Waals surface area contributed by atoms with Gasteiger partial charge in [0.05, 0.1) is 17.6 Å². The number of nitrogen functional groups attached to an aromatic ring is 3. The highest BCUT2D eigenvalue weighted by atomic mass is 15.3. The summed E-state index contributed by atoms with van der Waals surface area (Å²) in [4.78, 5) is 4.60. The molecule has 7 nitrogen and oxygen atoms in total. The Morgan fingerprint density at radius 3 is 2.56 bits per heavy atom. The van der Waals surface area contributed by atoms with Gasteiger partial charge in [0.1, 0.15) is 5.82 Å². The lowest BCUT2D eigenvalue weighted by atomic mass is 9.80. The summed E-state index contributed by atoms with van der Waals surface area (Å²) in [5, 5.41) is 4.23. The molecular formula is C18H23N7. The second kappa shape index (κ2) is 5.93. The Hall–Kier alpha value is -2.80. The van der Waals surface area contributed by atoms with E-state index in [2.05, 4.69) is 16.1 Å². The second-order valence-electron chi connectivity index (χ2n) is 6.84. The summed E-state index contributed by atoms with van der Waals surface area (Å²) >= 11 is 0. The first kappa shape index (κ1) is 15.7. The molecule has 130 valence electrons. The van der Waals surface area contributed by atoms with Gasteiger partial charge in [-0.15, -0.1) is 5.10 Å². The Kier molecular flexibility index (Phi) is 3.73. The Labute approximate surface area is 146 Å². The van der Waals surface area contributed by atoms with Crippen molar-refractivity contribution in [3.05, 3.63) is 36.0 Å². The molecule has 2 heterocycles. The predicted octanol–water partition coefficient (Wildman–Crippen LogP) is 2.13. The van der Waals surface area contributed by atoms with E-state index in [-0.39, 0.29) is 0 Å². The number of para-hydroxylation sites is 1. The maximum atomic E-state index is 6.51. The van der Waals surface area contributed by atoms with Gasteiger partial charge in [-0.3, -0.25) is 0 Å². The fraction of sp³-hybridized carbons (Fsp3) is 0.333. The lowest BCUT2D eigenvalue weighted by Gasteiger charge is -2.27. The van der Waals surface area contributed by atoms with Crippen LogP contribution in [0, 0.1) is 0 Å². The molecule has 3 aromatic rings. The molecular weight excluding hydrogens is 314 g/mol. The van der Waals surface area contributed by atoms with E-state index < -0.39 is 0 Å². The minimum absolute atomic E-state index is 0.318. The van der Waals surface area contributed by atoms with Crippen LogP contribution < -0.4 is 22.9 Å². The predicted molar refractivity (Wildman–Crippen MR) is 101 cm³/mol. The van der Waals surface area contributed by atoms with E-state index in [1.54, 1.807) is 10.6 Å². The summed E-state index contributed by atoms with van der Waals surface area (Å²) < 4.78 is 1.60. The molecule has 0 bridgehead atoms. The minimum Gasteiger partial charge on any atom is -0.398 e. The van der Waals surface area contributed by atoms with Crippen LogP contribution in [-0.2, 0) is 0 Å². The standard InChI is InChI=1S/C18H23N7/c19-11-6-4-10(5-7-11)12-2-1-3-13(17(12)22)15-9-25-18(23-15)14(20)8-16(21)24-25/h1-3,8-11H,4-7,19-20,22H2,(H2,21,24). The molecule has 8 N–H and O–H groups in total. The van der Waals surface area contributed by atoms with Crippen molar-refractivity contribution in [3.63, 3.8) is 0 Å². The van der Waals surface area contributed by atoms with E-state index in [1.807, 2.05) is 18.3 Å². The van der Waals surface area contributed by atoms with Gasteiger partial charge < -0.3 is 22.9 Å². The highest BCUT2D eigenvalue weighted by molar-refractivity contribution is 5.79. The van der Waals surface area contributed by atoms with Crippen LogP contribution in [0.4, 0.5) is 17.2 Å².